The van der Waals surface area contributed by atoms with Gasteiger partial charge >= 0.3 is 0 Å². The molecule has 98 valence electrons. The maximum Gasteiger partial charge on any atom is 0.220 e. The van der Waals surface area contributed by atoms with Crippen molar-refractivity contribution >= 4 is 69.6 Å². The highest BCUT2D eigenvalue weighted by Crippen LogP contribution is 2.71. The second kappa shape index (κ2) is 4.20. The standard InChI is InChI=1S/C9H8Cl6O2/c1-16-9(17-2)7(14)3(10)4(11)8(9,15)6(13)5(7)12/h3-4H,1-2H3. The van der Waals surface area contributed by atoms with Gasteiger partial charge in [-0.15, -0.1) is 46.4 Å². The van der Waals surface area contributed by atoms with Gasteiger partial charge in [-0.1, -0.05) is 23.2 Å². The van der Waals surface area contributed by atoms with Gasteiger partial charge in [-0.05, 0) is 0 Å². The van der Waals surface area contributed by atoms with Crippen LogP contribution < -0.4 is 0 Å². The van der Waals surface area contributed by atoms with Gasteiger partial charge in [-0.3, -0.25) is 0 Å². The summed E-state index contributed by atoms with van der Waals surface area (Å²) in [6.45, 7) is 0. The molecule has 1 saturated carbocycles. The molecule has 2 rings (SSSR count). The molecule has 2 aliphatic rings. The first-order chi connectivity index (χ1) is 7.75. The molecule has 0 aromatic rings. The molecule has 2 nitrogen and oxygen atoms in total. The molecule has 0 N–H and O–H groups in total. The van der Waals surface area contributed by atoms with E-state index in [0.717, 1.165) is 0 Å². The fourth-order valence-corrected chi connectivity index (χ4v) is 5.66. The Morgan fingerprint density at radius 3 is 1.35 bits per heavy atom. The Bertz CT molecular complexity index is 363. The van der Waals surface area contributed by atoms with Crippen molar-refractivity contribution in [3.63, 3.8) is 0 Å². The Hall–Kier alpha value is 1.40. The van der Waals surface area contributed by atoms with E-state index < -0.39 is 26.3 Å². The predicted molar refractivity (Wildman–Crippen MR) is 71.9 cm³/mol. The number of rotatable bonds is 2. The first kappa shape index (κ1) is 14.8. The zero-order chi connectivity index (χ0) is 13.2. The summed E-state index contributed by atoms with van der Waals surface area (Å²) in [5.74, 6) is -1.50. The molecule has 17 heavy (non-hydrogen) atoms. The molecule has 4 unspecified atom stereocenters. The van der Waals surface area contributed by atoms with Gasteiger partial charge in [0.25, 0.3) is 0 Å². The second-order valence-electron chi connectivity index (χ2n) is 3.88. The normalized spacial score (nSPS) is 48.0. The van der Waals surface area contributed by atoms with Crippen molar-refractivity contribution in [2.24, 2.45) is 0 Å². The SMILES string of the molecule is COC1(OC)C2(Cl)C(Cl)=C(Cl)C1(Cl)C(Cl)C2Cl. The fraction of sp³-hybridized carbons (Fsp3) is 0.778. The summed E-state index contributed by atoms with van der Waals surface area (Å²) in [7, 11) is 2.77. The van der Waals surface area contributed by atoms with E-state index in [1.807, 2.05) is 0 Å². The van der Waals surface area contributed by atoms with Gasteiger partial charge in [-0.25, -0.2) is 0 Å². The quantitative estimate of drug-likeness (QED) is 0.550. The fourth-order valence-electron chi connectivity index (χ4n) is 2.56. The largest absolute Gasteiger partial charge is 0.349 e. The lowest BCUT2D eigenvalue weighted by Gasteiger charge is -2.40. The zero-order valence-electron chi connectivity index (χ0n) is 8.74. The van der Waals surface area contributed by atoms with Crippen molar-refractivity contribution in [1.82, 2.24) is 0 Å². The number of methoxy groups -OCH3 is 2. The van der Waals surface area contributed by atoms with Gasteiger partial charge in [0.05, 0.1) is 20.8 Å². The van der Waals surface area contributed by atoms with Gasteiger partial charge < -0.3 is 9.47 Å². The van der Waals surface area contributed by atoms with E-state index in [2.05, 4.69) is 0 Å². The Labute approximate surface area is 129 Å². The monoisotopic (exact) mass is 358 g/mol. The van der Waals surface area contributed by atoms with Crippen molar-refractivity contribution < 1.29 is 9.47 Å². The summed E-state index contributed by atoms with van der Waals surface area (Å²) in [5.41, 5.74) is 0. The highest BCUT2D eigenvalue weighted by Gasteiger charge is 2.84. The number of fused-ring (bicyclic) bond motifs is 2. The van der Waals surface area contributed by atoms with E-state index >= 15 is 0 Å². The highest BCUT2D eigenvalue weighted by molar-refractivity contribution is 6.56. The van der Waals surface area contributed by atoms with Crippen LogP contribution in [0.2, 0.25) is 0 Å². The van der Waals surface area contributed by atoms with E-state index in [9.17, 15) is 0 Å². The average molecular weight is 361 g/mol. The van der Waals surface area contributed by atoms with E-state index in [1.165, 1.54) is 14.2 Å². The number of alkyl halides is 4. The molecule has 2 aliphatic carbocycles. The molecule has 0 aromatic heterocycles. The summed E-state index contributed by atoms with van der Waals surface area (Å²) >= 11 is 37.6. The number of ether oxygens (including phenoxy) is 2. The van der Waals surface area contributed by atoms with Crippen LogP contribution >= 0.6 is 69.6 Å². The minimum atomic E-state index is -1.50. The molecule has 4 atom stereocenters. The van der Waals surface area contributed by atoms with Crippen LogP contribution in [0.4, 0.5) is 0 Å². The summed E-state index contributed by atoms with van der Waals surface area (Å²) in [6, 6.07) is 0. The Morgan fingerprint density at radius 1 is 0.882 bits per heavy atom. The van der Waals surface area contributed by atoms with Crippen LogP contribution in [0, 0.1) is 0 Å². The molecular formula is C9H8Cl6O2. The second-order valence-corrected chi connectivity index (χ2v) is 6.77. The third-order valence-electron chi connectivity index (χ3n) is 3.38. The van der Waals surface area contributed by atoms with Crippen molar-refractivity contribution in [1.29, 1.82) is 0 Å². The smallest absolute Gasteiger partial charge is 0.220 e. The van der Waals surface area contributed by atoms with E-state index in [1.54, 1.807) is 0 Å². The Kier molecular flexibility index (Phi) is 3.65. The van der Waals surface area contributed by atoms with Gasteiger partial charge in [-0.2, -0.15) is 0 Å². The molecule has 8 heteroatoms. The molecule has 0 aromatic carbocycles. The molecule has 0 saturated heterocycles. The summed E-state index contributed by atoms with van der Waals surface area (Å²) in [5, 5.41) is -1.34. The van der Waals surface area contributed by atoms with Gasteiger partial charge in [0.2, 0.25) is 5.79 Å². The van der Waals surface area contributed by atoms with Crippen LogP contribution in [-0.4, -0.2) is 40.5 Å². The van der Waals surface area contributed by atoms with Gasteiger partial charge in [0, 0.05) is 14.2 Å². The van der Waals surface area contributed by atoms with Crippen molar-refractivity contribution in [2.45, 2.75) is 26.3 Å². The number of hydrogen-bond donors (Lipinski definition) is 0. The molecule has 0 heterocycles. The van der Waals surface area contributed by atoms with Crippen molar-refractivity contribution in [3.8, 4) is 0 Å². The van der Waals surface area contributed by atoms with Crippen molar-refractivity contribution in [2.75, 3.05) is 14.2 Å². The lowest BCUT2D eigenvalue weighted by atomic mass is 10.0. The van der Waals surface area contributed by atoms with Crippen molar-refractivity contribution in [3.05, 3.63) is 10.1 Å². The number of halogens is 6. The summed E-state index contributed by atoms with van der Waals surface area (Å²) in [6.07, 6.45) is 0. The summed E-state index contributed by atoms with van der Waals surface area (Å²) < 4.78 is 10.7. The first-order valence-electron chi connectivity index (χ1n) is 4.58. The molecule has 0 aliphatic heterocycles. The third kappa shape index (κ3) is 1.25. The van der Waals surface area contributed by atoms with Crippen LogP contribution in [0.15, 0.2) is 10.1 Å². The minimum Gasteiger partial charge on any atom is -0.349 e. The average Bonchev–Trinajstić information content (AvgIpc) is 2.54. The summed E-state index contributed by atoms with van der Waals surface area (Å²) in [4.78, 5) is -2.82. The topological polar surface area (TPSA) is 18.5 Å². The molecule has 1 fully saturated rings. The zero-order valence-corrected chi connectivity index (χ0v) is 13.3. The van der Waals surface area contributed by atoms with Crippen LogP contribution in [-0.2, 0) is 9.47 Å². The molecule has 2 bridgehead atoms. The maximum atomic E-state index is 6.48. The molecule has 0 spiro atoms. The van der Waals surface area contributed by atoms with Gasteiger partial charge in [0.15, 0.2) is 9.75 Å². The lowest BCUT2D eigenvalue weighted by molar-refractivity contribution is -0.216. The van der Waals surface area contributed by atoms with Crippen LogP contribution in [0.3, 0.4) is 0 Å². The predicted octanol–water partition coefficient (Wildman–Crippen LogP) is 3.86. The number of hydrogen-bond acceptors (Lipinski definition) is 2. The van der Waals surface area contributed by atoms with E-state index in [-0.39, 0.29) is 10.1 Å². The first-order valence-corrected chi connectivity index (χ1v) is 6.96. The Balaban J connectivity index is 2.77. The van der Waals surface area contributed by atoms with Crippen LogP contribution in [0.5, 0.6) is 0 Å². The minimum absolute atomic E-state index is 0.108. The molecule has 0 radical (unpaired) electrons. The third-order valence-corrected chi connectivity index (χ3v) is 7.50. The molecule has 0 amide bonds. The van der Waals surface area contributed by atoms with Gasteiger partial charge in [0.1, 0.15) is 0 Å². The van der Waals surface area contributed by atoms with E-state index in [4.69, 9.17) is 79.1 Å². The van der Waals surface area contributed by atoms with Crippen LogP contribution in [0.25, 0.3) is 0 Å². The molecular weight excluding hydrogens is 353 g/mol. The maximum absolute atomic E-state index is 6.48. The lowest BCUT2D eigenvalue weighted by Crippen LogP contribution is -2.57. The Morgan fingerprint density at radius 2 is 1.18 bits per heavy atom. The van der Waals surface area contributed by atoms with E-state index in [0.29, 0.717) is 0 Å². The highest BCUT2D eigenvalue weighted by atomic mass is 35.5. The van der Waals surface area contributed by atoms with Crippen LogP contribution in [0.1, 0.15) is 0 Å².